The molecule has 1 aliphatic heterocycles. The first kappa shape index (κ1) is 19.0. The van der Waals surface area contributed by atoms with Crippen LogP contribution in [0.5, 0.6) is 0 Å². The number of benzene rings is 1. The van der Waals surface area contributed by atoms with Gasteiger partial charge < -0.3 is 14.8 Å². The molecule has 136 valence electrons. The molecule has 12 heteroatoms. The first-order valence-electron chi connectivity index (χ1n) is 6.81. The Morgan fingerprint density at radius 1 is 1.40 bits per heavy atom. The fourth-order valence-electron chi connectivity index (χ4n) is 2.66. The van der Waals surface area contributed by atoms with E-state index in [9.17, 15) is 32.9 Å². The Kier molecular flexibility index (Phi) is 5.20. The van der Waals surface area contributed by atoms with Crippen molar-refractivity contribution < 1.29 is 32.8 Å². The first-order valence-corrected chi connectivity index (χ1v) is 7.61. The lowest BCUT2D eigenvalue weighted by molar-refractivity contribution is -0.384. The molecule has 0 bridgehead atoms. The van der Waals surface area contributed by atoms with Crippen molar-refractivity contribution in [2.24, 2.45) is 0 Å². The first-order chi connectivity index (χ1) is 11.6. The molecule has 0 aliphatic carbocycles. The van der Waals surface area contributed by atoms with Gasteiger partial charge in [0.15, 0.2) is 0 Å². The van der Waals surface area contributed by atoms with E-state index in [1.54, 1.807) is 0 Å². The molecule has 1 N–H and O–H groups in total. The van der Waals surface area contributed by atoms with Crippen LogP contribution in [0.3, 0.4) is 0 Å². The Labute approximate surface area is 147 Å². The van der Waals surface area contributed by atoms with Crippen molar-refractivity contribution >= 4 is 39.7 Å². The number of rotatable bonds is 3. The van der Waals surface area contributed by atoms with E-state index >= 15 is 0 Å². The molecule has 1 atom stereocenters. The summed E-state index contributed by atoms with van der Waals surface area (Å²) in [5.41, 5.74) is -2.71. The summed E-state index contributed by atoms with van der Waals surface area (Å²) in [6.07, 6.45) is -5.99. The molecule has 25 heavy (non-hydrogen) atoms. The molecule has 1 heterocycles. The smallest absolute Gasteiger partial charge is 0.419 e. The van der Waals surface area contributed by atoms with Crippen molar-refractivity contribution in [2.75, 3.05) is 24.5 Å². The average molecular weight is 426 g/mol. The molecule has 1 amide bonds. The SMILES string of the molecule is O=C[C@H]1CN(c2c([N+](=O)[O-])ccc(Br)c2C(F)(F)F)CCN1C(=O)O. The number of hydrogen-bond acceptors (Lipinski definition) is 5. The maximum Gasteiger partial charge on any atom is 0.419 e. The van der Waals surface area contributed by atoms with E-state index < -0.39 is 46.7 Å². The number of nitro benzene ring substituents is 1. The molecule has 0 spiro atoms. The number of halogens is 4. The number of anilines is 1. The predicted octanol–water partition coefficient (Wildman–Crippen LogP) is 2.74. The summed E-state index contributed by atoms with van der Waals surface area (Å²) in [5, 5.41) is 20.2. The zero-order chi connectivity index (χ0) is 18.9. The summed E-state index contributed by atoms with van der Waals surface area (Å²) in [7, 11) is 0. The second-order valence-electron chi connectivity index (χ2n) is 5.17. The molecule has 1 aliphatic rings. The van der Waals surface area contributed by atoms with Crippen LogP contribution in [-0.4, -0.2) is 53.0 Å². The van der Waals surface area contributed by atoms with Gasteiger partial charge in [0.2, 0.25) is 0 Å². The fraction of sp³-hybridized carbons (Fsp3) is 0.385. The van der Waals surface area contributed by atoms with E-state index in [-0.39, 0.29) is 23.8 Å². The van der Waals surface area contributed by atoms with Crippen molar-refractivity contribution in [3.8, 4) is 0 Å². The number of amides is 1. The van der Waals surface area contributed by atoms with Crippen molar-refractivity contribution in [1.29, 1.82) is 0 Å². The van der Waals surface area contributed by atoms with Gasteiger partial charge in [0, 0.05) is 30.2 Å². The van der Waals surface area contributed by atoms with E-state index in [1.807, 2.05) is 0 Å². The highest BCUT2D eigenvalue weighted by Gasteiger charge is 2.43. The molecule has 0 saturated carbocycles. The maximum atomic E-state index is 13.4. The topological polar surface area (TPSA) is 104 Å². The Hall–Kier alpha value is -2.37. The molecule has 1 aromatic rings. The highest BCUT2D eigenvalue weighted by Crippen LogP contribution is 2.46. The minimum absolute atomic E-state index is 0.225. The fourth-order valence-corrected chi connectivity index (χ4v) is 3.20. The summed E-state index contributed by atoms with van der Waals surface area (Å²) in [4.78, 5) is 34.2. The summed E-state index contributed by atoms with van der Waals surface area (Å²) >= 11 is 2.76. The normalized spacial score (nSPS) is 18.2. The molecule has 1 fully saturated rings. The minimum atomic E-state index is -4.89. The number of piperazine rings is 1. The molecular formula is C13H11BrF3N3O5. The summed E-state index contributed by atoms with van der Waals surface area (Å²) in [6.45, 7) is -0.910. The van der Waals surface area contributed by atoms with Crippen LogP contribution in [0.2, 0.25) is 0 Å². The summed E-state index contributed by atoms with van der Waals surface area (Å²) < 4.78 is 39.9. The van der Waals surface area contributed by atoms with E-state index in [2.05, 4.69) is 15.9 Å². The summed E-state index contributed by atoms with van der Waals surface area (Å²) in [5.74, 6) is 0. The highest BCUT2D eigenvalue weighted by atomic mass is 79.9. The van der Waals surface area contributed by atoms with Crippen molar-refractivity contribution in [2.45, 2.75) is 12.2 Å². The van der Waals surface area contributed by atoms with Crippen molar-refractivity contribution in [3.05, 3.63) is 32.3 Å². The third-order valence-corrected chi connectivity index (χ3v) is 4.38. The molecule has 0 radical (unpaired) electrons. The average Bonchev–Trinajstić information content (AvgIpc) is 2.52. The van der Waals surface area contributed by atoms with Gasteiger partial charge in [-0.05, 0) is 6.07 Å². The van der Waals surface area contributed by atoms with Crippen molar-refractivity contribution in [1.82, 2.24) is 4.90 Å². The minimum Gasteiger partial charge on any atom is -0.465 e. The Bertz CT molecular complexity index is 728. The molecule has 0 unspecified atom stereocenters. The quantitative estimate of drug-likeness (QED) is 0.453. The lowest BCUT2D eigenvalue weighted by Gasteiger charge is -2.39. The number of aldehydes is 1. The van der Waals surface area contributed by atoms with Gasteiger partial charge in [0.25, 0.3) is 5.69 Å². The highest BCUT2D eigenvalue weighted by molar-refractivity contribution is 9.10. The van der Waals surface area contributed by atoms with E-state index in [0.29, 0.717) is 0 Å². The lowest BCUT2D eigenvalue weighted by Crippen LogP contribution is -2.56. The monoisotopic (exact) mass is 425 g/mol. The van der Waals surface area contributed by atoms with Gasteiger partial charge >= 0.3 is 12.3 Å². The number of carboxylic acid groups (broad SMARTS) is 1. The number of nitrogens with zero attached hydrogens (tertiary/aromatic N) is 3. The Morgan fingerprint density at radius 3 is 2.52 bits per heavy atom. The van der Waals surface area contributed by atoms with Crippen LogP contribution in [0.25, 0.3) is 0 Å². The van der Waals surface area contributed by atoms with Gasteiger partial charge in [-0.25, -0.2) is 4.79 Å². The van der Waals surface area contributed by atoms with Crippen LogP contribution < -0.4 is 4.90 Å². The van der Waals surface area contributed by atoms with Crippen LogP contribution in [0.15, 0.2) is 16.6 Å². The zero-order valence-corrected chi connectivity index (χ0v) is 14.0. The van der Waals surface area contributed by atoms with Crippen LogP contribution in [-0.2, 0) is 11.0 Å². The van der Waals surface area contributed by atoms with Gasteiger partial charge in [-0.15, -0.1) is 0 Å². The second-order valence-corrected chi connectivity index (χ2v) is 6.02. The van der Waals surface area contributed by atoms with Gasteiger partial charge in [-0.1, -0.05) is 15.9 Å². The number of hydrogen-bond donors (Lipinski definition) is 1. The second kappa shape index (κ2) is 6.86. The Balaban J connectivity index is 2.58. The van der Waals surface area contributed by atoms with Gasteiger partial charge in [-0.3, -0.25) is 15.0 Å². The van der Waals surface area contributed by atoms with Gasteiger partial charge in [-0.2, -0.15) is 13.2 Å². The largest absolute Gasteiger partial charge is 0.465 e. The molecular weight excluding hydrogens is 415 g/mol. The van der Waals surface area contributed by atoms with Crippen LogP contribution in [0.4, 0.5) is 29.3 Å². The molecule has 8 nitrogen and oxygen atoms in total. The zero-order valence-electron chi connectivity index (χ0n) is 12.4. The molecule has 1 aromatic carbocycles. The predicted molar refractivity (Wildman–Crippen MR) is 82.6 cm³/mol. The van der Waals surface area contributed by atoms with Crippen LogP contribution >= 0.6 is 15.9 Å². The van der Waals surface area contributed by atoms with Crippen LogP contribution in [0.1, 0.15) is 5.56 Å². The summed E-state index contributed by atoms with van der Waals surface area (Å²) in [6, 6.07) is 0.620. The number of alkyl halides is 3. The maximum absolute atomic E-state index is 13.4. The number of nitro groups is 1. The molecule has 0 aromatic heterocycles. The van der Waals surface area contributed by atoms with E-state index in [4.69, 9.17) is 5.11 Å². The molecule has 1 saturated heterocycles. The third-order valence-electron chi connectivity index (χ3n) is 3.72. The number of carbonyl (C=O) groups excluding carboxylic acids is 1. The van der Waals surface area contributed by atoms with Gasteiger partial charge in [0.05, 0.1) is 4.92 Å². The van der Waals surface area contributed by atoms with E-state index in [1.165, 1.54) is 0 Å². The third kappa shape index (κ3) is 3.67. The number of carbonyl (C=O) groups is 2. The van der Waals surface area contributed by atoms with Crippen molar-refractivity contribution in [3.63, 3.8) is 0 Å². The standard InChI is InChI=1S/C13H11BrF3N3O5/c14-8-1-2-9(20(24)25)11(10(8)13(15,16)17)18-3-4-19(12(22)23)7(5-18)6-21/h1-2,6-7H,3-5H2,(H,22,23)/t7-/m1/s1. The Morgan fingerprint density at radius 2 is 2.04 bits per heavy atom. The van der Waals surface area contributed by atoms with Gasteiger partial charge in [0.1, 0.15) is 23.6 Å². The lowest BCUT2D eigenvalue weighted by atomic mass is 10.1. The van der Waals surface area contributed by atoms with E-state index in [0.717, 1.165) is 21.9 Å². The van der Waals surface area contributed by atoms with Crippen LogP contribution in [0, 0.1) is 10.1 Å². The molecule has 2 rings (SSSR count).